The standard InChI is InChI=1S/C26H44O3/c1-2-3-4-5-6-7-8-9-10-11-12-13-14-15-16-20-23-29-26(28)25(27)24-21-18-17-19-22-24/h17-19,21-22,25,27H,2-16,20,23H2,1H3. The van der Waals surface area contributed by atoms with Crippen molar-refractivity contribution >= 4 is 5.97 Å². The summed E-state index contributed by atoms with van der Waals surface area (Å²) in [5.74, 6) is -0.544. The molecule has 29 heavy (non-hydrogen) atoms. The summed E-state index contributed by atoms with van der Waals surface area (Å²) >= 11 is 0. The van der Waals surface area contributed by atoms with E-state index >= 15 is 0 Å². The fraction of sp³-hybridized carbons (Fsp3) is 0.731. The average Bonchev–Trinajstić information content (AvgIpc) is 2.75. The molecule has 3 nitrogen and oxygen atoms in total. The van der Waals surface area contributed by atoms with Crippen LogP contribution in [0.3, 0.4) is 0 Å². The van der Waals surface area contributed by atoms with Crippen LogP contribution in [0, 0.1) is 0 Å². The lowest BCUT2D eigenvalue weighted by atomic mass is 10.0. The molecule has 1 aromatic rings. The van der Waals surface area contributed by atoms with Gasteiger partial charge in [-0.1, -0.05) is 134 Å². The van der Waals surface area contributed by atoms with Crippen molar-refractivity contribution in [1.29, 1.82) is 0 Å². The van der Waals surface area contributed by atoms with Crippen LogP contribution in [0.25, 0.3) is 0 Å². The number of hydrogen-bond acceptors (Lipinski definition) is 3. The molecule has 0 saturated heterocycles. The van der Waals surface area contributed by atoms with E-state index in [4.69, 9.17) is 4.74 Å². The maximum atomic E-state index is 11.8. The Bertz CT molecular complexity index is 486. The third-order valence-electron chi connectivity index (χ3n) is 5.58. The van der Waals surface area contributed by atoms with Gasteiger partial charge in [-0.05, 0) is 12.0 Å². The van der Waals surface area contributed by atoms with E-state index in [-0.39, 0.29) is 0 Å². The molecule has 0 aliphatic rings. The number of unbranched alkanes of at least 4 members (excludes halogenated alkanes) is 15. The molecule has 0 aliphatic heterocycles. The average molecular weight is 405 g/mol. The number of carbonyl (C=O) groups is 1. The summed E-state index contributed by atoms with van der Waals surface area (Å²) in [6.07, 6.45) is 20.0. The van der Waals surface area contributed by atoms with E-state index in [1.165, 1.54) is 89.9 Å². The van der Waals surface area contributed by atoms with Crippen LogP contribution < -0.4 is 0 Å². The number of benzene rings is 1. The SMILES string of the molecule is CCCCCCCCCCCCCCCCCCOC(=O)C(O)c1ccccc1. The normalized spacial score (nSPS) is 12.1. The topological polar surface area (TPSA) is 46.5 Å². The quantitative estimate of drug-likeness (QED) is 0.191. The first-order chi connectivity index (χ1) is 14.3. The predicted molar refractivity (Wildman–Crippen MR) is 122 cm³/mol. The highest BCUT2D eigenvalue weighted by atomic mass is 16.5. The Kier molecular flexibility index (Phi) is 16.5. The van der Waals surface area contributed by atoms with Gasteiger partial charge in [-0.3, -0.25) is 0 Å². The van der Waals surface area contributed by atoms with Crippen LogP contribution in [-0.4, -0.2) is 17.7 Å². The van der Waals surface area contributed by atoms with Gasteiger partial charge in [0.25, 0.3) is 0 Å². The van der Waals surface area contributed by atoms with Gasteiger partial charge in [-0.2, -0.15) is 0 Å². The van der Waals surface area contributed by atoms with Crippen molar-refractivity contribution in [2.24, 2.45) is 0 Å². The second kappa shape index (κ2) is 18.7. The lowest BCUT2D eigenvalue weighted by molar-refractivity contribution is -0.154. The molecule has 0 radical (unpaired) electrons. The van der Waals surface area contributed by atoms with Gasteiger partial charge < -0.3 is 9.84 Å². The summed E-state index contributed by atoms with van der Waals surface area (Å²) in [6, 6.07) is 8.95. The van der Waals surface area contributed by atoms with Gasteiger partial charge in [0.15, 0.2) is 6.10 Å². The van der Waals surface area contributed by atoms with Gasteiger partial charge in [0.05, 0.1) is 6.61 Å². The van der Waals surface area contributed by atoms with Crippen LogP contribution in [0.5, 0.6) is 0 Å². The first-order valence-corrected chi connectivity index (χ1v) is 12.2. The molecule has 3 heteroatoms. The van der Waals surface area contributed by atoms with Gasteiger partial charge in [0, 0.05) is 0 Å². The first-order valence-electron chi connectivity index (χ1n) is 12.2. The van der Waals surface area contributed by atoms with E-state index < -0.39 is 12.1 Å². The largest absolute Gasteiger partial charge is 0.464 e. The third-order valence-corrected chi connectivity index (χ3v) is 5.58. The highest BCUT2D eigenvalue weighted by Crippen LogP contribution is 2.15. The molecule has 1 aromatic carbocycles. The molecule has 1 atom stereocenters. The molecule has 0 aliphatic carbocycles. The number of aliphatic hydroxyl groups is 1. The molecule has 0 fully saturated rings. The Morgan fingerprint density at radius 3 is 1.59 bits per heavy atom. The number of esters is 1. The van der Waals surface area contributed by atoms with E-state index in [0.717, 1.165) is 12.8 Å². The summed E-state index contributed by atoms with van der Waals surface area (Å²) in [4.78, 5) is 11.8. The monoisotopic (exact) mass is 404 g/mol. The lowest BCUT2D eigenvalue weighted by Gasteiger charge is -2.10. The molecule has 0 spiro atoms. The Labute approximate surface area is 179 Å². The molecule has 0 saturated carbocycles. The molecule has 0 heterocycles. The highest BCUT2D eigenvalue weighted by Gasteiger charge is 2.18. The minimum absolute atomic E-state index is 0.404. The van der Waals surface area contributed by atoms with Crippen molar-refractivity contribution < 1.29 is 14.6 Å². The fourth-order valence-corrected chi connectivity index (χ4v) is 3.67. The third kappa shape index (κ3) is 14.3. The van der Waals surface area contributed by atoms with Crippen LogP contribution in [0.15, 0.2) is 30.3 Å². The predicted octanol–water partition coefficient (Wildman–Crippen LogP) is 7.52. The van der Waals surface area contributed by atoms with Crippen molar-refractivity contribution in [3.05, 3.63) is 35.9 Å². The van der Waals surface area contributed by atoms with Crippen LogP contribution >= 0.6 is 0 Å². The molecule has 1 unspecified atom stereocenters. The van der Waals surface area contributed by atoms with Gasteiger partial charge in [-0.25, -0.2) is 4.79 Å². The maximum Gasteiger partial charge on any atom is 0.339 e. The van der Waals surface area contributed by atoms with Crippen LogP contribution in [-0.2, 0) is 9.53 Å². The number of ether oxygens (including phenoxy) is 1. The second-order valence-electron chi connectivity index (χ2n) is 8.28. The van der Waals surface area contributed by atoms with E-state index in [9.17, 15) is 9.90 Å². The Morgan fingerprint density at radius 1 is 0.724 bits per heavy atom. The second-order valence-corrected chi connectivity index (χ2v) is 8.28. The Morgan fingerprint density at radius 2 is 1.14 bits per heavy atom. The summed E-state index contributed by atoms with van der Waals surface area (Å²) in [5.41, 5.74) is 0.587. The number of carbonyl (C=O) groups excluding carboxylic acids is 1. The zero-order valence-corrected chi connectivity index (χ0v) is 18.7. The van der Waals surface area contributed by atoms with Gasteiger partial charge in [0.1, 0.15) is 0 Å². The Hall–Kier alpha value is -1.35. The number of rotatable bonds is 19. The maximum absolute atomic E-state index is 11.8. The summed E-state index contributed by atoms with van der Waals surface area (Å²) in [7, 11) is 0. The minimum atomic E-state index is -1.17. The van der Waals surface area contributed by atoms with Gasteiger partial charge >= 0.3 is 5.97 Å². The van der Waals surface area contributed by atoms with Gasteiger partial charge in [0.2, 0.25) is 0 Å². The Balaban J connectivity index is 1.81. The smallest absolute Gasteiger partial charge is 0.339 e. The lowest BCUT2D eigenvalue weighted by Crippen LogP contribution is -2.16. The van der Waals surface area contributed by atoms with Crippen molar-refractivity contribution in [1.82, 2.24) is 0 Å². The molecule has 0 aromatic heterocycles. The molecule has 0 bridgehead atoms. The zero-order chi connectivity index (χ0) is 21.0. The number of aliphatic hydroxyl groups excluding tert-OH is 1. The highest BCUT2D eigenvalue weighted by molar-refractivity contribution is 5.76. The summed E-state index contributed by atoms with van der Waals surface area (Å²) in [6.45, 7) is 2.68. The minimum Gasteiger partial charge on any atom is -0.464 e. The van der Waals surface area contributed by atoms with Crippen molar-refractivity contribution in [2.75, 3.05) is 6.61 Å². The van der Waals surface area contributed by atoms with E-state index in [0.29, 0.717) is 12.2 Å². The zero-order valence-electron chi connectivity index (χ0n) is 18.7. The van der Waals surface area contributed by atoms with Crippen LogP contribution in [0.2, 0.25) is 0 Å². The summed E-state index contributed by atoms with van der Waals surface area (Å²) < 4.78 is 5.19. The molecule has 1 rings (SSSR count). The van der Waals surface area contributed by atoms with Gasteiger partial charge in [-0.15, -0.1) is 0 Å². The molecule has 1 N–H and O–H groups in total. The summed E-state index contributed by atoms with van der Waals surface area (Å²) in [5, 5.41) is 9.95. The van der Waals surface area contributed by atoms with E-state index in [1.54, 1.807) is 24.3 Å². The van der Waals surface area contributed by atoms with Crippen molar-refractivity contribution in [3.63, 3.8) is 0 Å². The van der Waals surface area contributed by atoms with Crippen molar-refractivity contribution in [2.45, 2.75) is 116 Å². The number of hydrogen-bond donors (Lipinski definition) is 1. The molecular weight excluding hydrogens is 360 g/mol. The first kappa shape index (κ1) is 25.7. The van der Waals surface area contributed by atoms with E-state index in [2.05, 4.69) is 6.92 Å². The fourth-order valence-electron chi connectivity index (χ4n) is 3.67. The van der Waals surface area contributed by atoms with Crippen molar-refractivity contribution in [3.8, 4) is 0 Å². The van der Waals surface area contributed by atoms with Crippen LogP contribution in [0.4, 0.5) is 0 Å². The van der Waals surface area contributed by atoms with Crippen LogP contribution in [0.1, 0.15) is 121 Å². The van der Waals surface area contributed by atoms with E-state index in [1.807, 2.05) is 6.07 Å². The molecule has 166 valence electrons. The molecular formula is C26H44O3. The molecule has 0 amide bonds.